The number of hydrogen-bond acceptors (Lipinski definition) is 9. The van der Waals surface area contributed by atoms with Crippen molar-refractivity contribution in [3.8, 4) is 17.1 Å². The van der Waals surface area contributed by atoms with Crippen molar-refractivity contribution in [1.82, 2.24) is 15.5 Å². The van der Waals surface area contributed by atoms with Gasteiger partial charge >= 0.3 is 11.9 Å². The van der Waals surface area contributed by atoms with Crippen LogP contribution in [0.15, 0.2) is 77.1 Å². The van der Waals surface area contributed by atoms with Crippen LogP contribution < -0.4 is 10.1 Å². The molecule has 12 heteroatoms. The maximum Gasteiger partial charge on any atom is 0.336 e. The number of nitro benzene ring substituents is 1. The van der Waals surface area contributed by atoms with Crippen LogP contribution in [0.4, 0.5) is 5.69 Å². The van der Waals surface area contributed by atoms with Gasteiger partial charge in [0.15, 0.2) is 0 Å². The number of non-ortho nitro benzene ring substituents is 1. The lowest BCUT2D eigenvalue weighted by Gasteiger charge is -2.30. The minimum absolute atomic E-state index is 0.147. The lowest BCUT2D eigenvalue weighted by Crippen LogP contribution is -2.32. The summed E-state index contributed by atoms with van der Waals surface area (Å²) >= 11 is 2.27. The third kappa shape index (κ3) is 8.00. The number of unbranched alkanes of at least 4 members (excludes halogenated alkanes) is 3. The number of hydrogen-bond donors (Lipinski definition) is 2. The number of nitrogens with one attached hydrogen (secondary N) is 2. The second kappa shape index (κ2) is 14.8. The van der Waals surface area contributed by atoms with Crippen molar-refractivity contribution in [2.75, 3.05) is 20.3 Å². The van der Waals surface area contributed by atoms with Crippen LogP contribution in [0.2, 0.25) is 0 Å². The van der Waals surface area contributed by atoms with Crippen LogP contribution in [0.3, 0.4) is 0 Å². The van der Waals surface area contributed by atoms with Gasteiger partial charge in [-0.05, 0) is 79.8 Å². The van der Waals surface area contributed by atoms with Gasteiger partial charge in [-0.15, -0.1) is 5.10 Å². The highest BCUT2D eigenvalue weighted by molar-refractivity contribution is 14.1. The fraction of sp³-hybridized carbons (Fsp3) is 0.323. The number of allylic oxidation sites excluding steroid dienone is 2. The molecule has 0 aliphatic carbocycles. The number of esters is 2. The zero-order chi connectivity index (χ0) is 30.9. The molecule has 1 unspecified atom stereocenters. The first-order valence-corrected chi connectivity index (χ1v) is 14.9. The summed E-state index contributed by atoms with van der Waals surface area (Å²) in [5.41, 5.74) is 3.63. The summed E-state index contributed by atoms with van der Waals surface area (Å²) < 4.78 is 17.5. The largest absolute Gasteiger partial charge is 0.477 e. The molecule has 0 bridgehead atoms. The smallest absolute Gasteiger partial charge is 0.336 e. The molecule has 0 saturated heterocycles. The lowest BCUT2D eigenvalue weighted by molar-refractivity contribution is -0.384. The van der Waals surface area contributed by atoms with Crippen LogP contribution in [0.5, 0.6) is 5.88 Å². The molecule has 2 aromatic carbocycles. The number of aromatic nitrogens is 2. The number of benzene rings is 2. The van der Waals surface area contributed by atoms with Crippen molar-refractivity contribution < 1.29 is 28.7 Å². The molecule has 226 valence electrons. The van der Waals surface area contributed by atoms with E-state index in [0.717, 1.165) is 34.1 Å². The number of aromatic amines is 1. The average molecular weight is 701 g/mol. The summed E-state index contributed by atoms with van der Waals surface area (Å²) in [5.74, 6) is -1.57. The third-order valence-electron chi connectivity index (χ3n) is 7.01. The van der Waals surface area contributed by atoms with Crippen molar-refractivity contribution in [1.29, 1.82) is 0 Å². The number of carbonyl (C=O) groups is 2. The standard InChI is InChI=1S/C31H33IN4O7/c1-19-27(30(37)41-3)29(22-11-9-13-24(17-22)36(39)40)28(20(2)33-19)31(38)43-15-7-5-4-6-14-42-26-18-25(34-35-26)21-10-8-12-23(32)16-21/h8-13,16-18,29,33H,4-7,14-15H2,1-3H3,(H,34,35). The van der Waals surface area contributed by atoms with Crippen molar-refractivity contribution >= 4 is 40.2 Å². The molecule has 0 amide bonds. The molecule has 2 heterocycles. The molecule has 11 nitrogen and oxygen atoms in total. The number of halogens is 1. The number of carbonyl (C=O) groups excluding carboxylic acids is 2. The molecule has 1 aliphatic rings. The fourth-order valence-electron chi connectivity index (χ4n) is 4.95. The number of rotatable bonds is 13. The normalized spacial score (nSPS) is 14.7. The van der Waals surface area contributed by atoms with Gasteiger partial charge in [0.1, 0.15) is 0 Å². The summed E-state index contributed by atoms with van der Waals surface area (Å²) in [7, 11) is 1.25. The van der Waals surface area contributed by atoms with E-state index in [-0.39, 0.29) is 23.4 Å². The Balaban J connectivity index is 1.29. The van der Waals surface area contributed by atoms with Crippen LogP contribution >= 0.6 is 22.6 Å². The molecule has 1 aliphatic heterocycles. The van der Waals surface area contributed by atoms with Crippen LogP contribution in [0, 0.1) is 13.7 Å². The quantitative estimate of drug-likeness (QED) is 0.0702. The van der Waals surface area contributed by atoms with E-state index in [4.69, 9.17) is 14.2 Å². The number of nitrogens with zero attached hydrogens (tertiary/aromatic N) is 2. The van der Waals surface area contributed by atoms with Crippen LogP contribution in [0.25, 0.3) is 11.3 Å². The van der Waals surface area contributed by atoms with Gasteiger partial charge in [-0.1, -0.05) is 24.3 Å². The number of ether oxygens (including phenoxy) is 3. The van der Waals surface area contributed by atoms with Gasteiger partial charge in [-0.3, -0.25) is 15.2 Å². The zero-order valence-corrected chi connectivity index (χ0v) is 26.3. The Morgan fingerprint density at radius 3 is 2.35 bits per heavy atom. The van der Waals surface area contributed by atoms with E-state index in [1.54, 1.807) is 19.9 Å². The molecule has 1 atom stereocenters. The highest BCUT2D eigenvalue weighted by Crippen LogP contribution is 2.40. The average Bonchev–Trinajstić information content (AvgIpc) is 3.46. The van der Waals surface area contributed by atoms with Crippen molar-refractivity contribution in [2.45, 2.75) is 45.4 Å². The monoisotopic (exact) mass is 700 g/mol. The maximum atomic E-state index is 13.3. The van der Waals surface area contributed by atoms with Gasteiger partial charge in [-0.25, -0.2) is 9.59 Å². The Kier molecular flexibility index (Phi) is 10.9. The summed E-state index contributed by atoms with van der Waals surface area (Å²) in [6.45, 7) is 4.11. The van der Waals surface area contributed by atoms with Crippen LogP contribution in [0.1, 0.15) is 51.0 Å². The van der Waals surface area contributed by atoms with Crippen molar-refractivity contribution in [3.63, 3.8) is 0 Å². The molecule has 0 radical (unpaired) electrons. The summed E-state index contributed by atoms with van der Waals surface area (Å²) in [6, 6.07) is 15.9. The first kappa shape index (κ1) is 31.7. The molecule has 43 heavy (non-hydrogen) atoms. The Morgan fingerprint density at radius 2 is 1.65 bits per heavy atom. The molecule has 3 aromatic rings. The maximum absolute atomic E-state index is 13.3. The van der Waals surface area contributed by atoms with E-state index < -0.39 is 22.8 Å². The van der Waals surface area contributed by atoms with Gasteiger partial charge in [0, 0.05) is 38.7 Å². The van der Waals surface area contributed by atoms with Crippen molar-refractivity contribution in [2.24, 2.45) is 0 Å². The zero-order valence-electron chi connectivity index (χ0n) is 24.1. The Bertz CT molecular complexity index is 1560. The van der Waals surface area contributed by atoms with Crippen LogP contribution in [-0.2, 0) is 19.1 Å². The van der Waals surface area contributed by atoms with Gasteiger partial charge in [-0.2, -0.15) is 0 Å². The molecule has 0 fully saturated rings. The highest BCUT2D eigenvalue weighted by atomic mass is 127. The molecule has 0 saturated carbocycles. The van der Waals surface area contributed by atoms with E-state index in [9.17, 15) is 19.7 Å². The second-order valence-electron chi connectivity index (χ2n) is 10.0. The summed E-state index contributed by atoms with van der Waals surface area (Å²) in [5, 5.41) is 21.7. The minimum atomic E-state index is -0.883. The van der Waals surface area contributed by atoms with Gasteiger partial charge < -0.3 is 19.5 Å². The predicted molar refractivity (Wildman–Crippen MR) is 168 cm³/mol. The number of nitro groups is 1. The molecule has 1 aromatic heterocycles. The van der Waals surface area contributed by atoms with E-state index in [1.165, 1.54) is 25.3 Å². The Morgan fingerprint density at radius 1 is 0.953 bits per heavy atom. The van der Waals surface area contributed by atoms with Crippen LogP contribution in [-0.4, -0.2) is 47.4 Å². The topological polar surface area (TPSA) is 146 Å². The Hall–Kier alpha value is -4.20. The van der Waals surface area contributed by atoms with E-state index >= 15 is 0 Å². The summed E-state index contributed by atoms with van der Waals surface area (Å²) in [4.78, 5) is 37.0. The molecule has 0 spiro atoms. The van der Waals surface area contributed by atoms with Gasteiger partial charge in [0.2, 0.25) is 5.88 Å². The molecule has 4 rings (SSSR count). The number of H-pyrrole nitrogens is 1. The fourth-order valence-corrected chi connectivity index (χ4v) is 5.50. The highest BCUT2D eigenvalue weighted by Gasteiger charge is 2.38. The SMILES string of the molecule is COC(=O)C1=C(C)NC(C)=C(C(=O)OCCCCCCOc2cc(-c3cccc(I)c3)[nH]n2)C1c1cccc([N+](=O)[O-])c1. The first-order chi connectivity index (χ1) is 20.7. The van der Waals surface area contributed by atoms with Crippen molar-refractivity contribution in [3.05, 3.63) is 96.4 Å². The number of dihydropyridines is 1. The van der Waals surface area contributed by atoms with E-state index in [2.05, 4.69) is 44.2 Å². The van der Waals surface area contributed by atoms with Gasteiger partial charge in [0.05, 0.1) is 48.0 Å². The third-order valence-corrected chi connectivity index (χ3v) is 7.68. The predicted octanol–water partition coefficient (Wildman–Crippen LogP) is 6.18. The molecule has 2 N–H and O–H groups in total. The van der Waals surface area contributed by atoms with E-state index in [0.29, 0.717) is 35.9 Å². The van der Waals surface area contributed by atoms with Gasteiger partial charge in [0.25, 0.3) is 5.69 Å². The first-order valence-electron chi connectivity index (χ1n) is 13.8. The second-order valence-corrected chi connectivity index (χ2v) is 11.3. The lowest BCUT2D eigenvalue weighted by atomic mass is 9.80. The molecular formula is C31H33IN4O7. The summed E-state index contributed by atoms with van der Waals surface area (Å²) in [6.07, 6.45) is 3.15. The Labute approximate surface area is 263 Å². The molecular weight excluding hydrogens is 667 g/mol. The van der Waals surface area contributed by atoms with E-state index in [1.807, 2.05) is 24.3 Å². The number of methoxy groups -OCH3 is 1. The minimum Gasteiger partial charge on any atom is -0.477 e.